The zero-order valence-corrected chi connectivity index (χ0v) is 17.2. The summed E-state index contributed by atoms with van der Waals surface area (Å²) in [5.74, 6) is 1.42. The molecular weight excluding hydrogens is 398 g/mol. The van der Waals surface area contributed by atoms with E-state index in [2.05, 4.69) is 20.6 Å². The number of hydrogen-bond donors (Lipinski definition) is 4. The van der Waals surface area contributed by atoms with E-state index in [1.54, 1.807) is 7.11 Å². The van der Waals surface area contributed by atoms with Gasteiger partial charge >= 0.3 is 12.1 Å². The number of aromatic nitrogens is 2. The molecule has 1 fully saturated rings. The Morgan fingerprint density at radius 2 is 2.03 bits per heavy atom. The van der Waals surface area contributed by atoms with E-state index in [1.165, 1.54) is 4.90 Å². The second-order valence-corrected chi connectivity index (χ2v) is 7.58. The van der Waals surface area contributed by atoms with Gasteiger partial charge < -0.3 is 30.4 Å². The molecule has 2 atom stereocenters. The first-order valence-corrected chi connectivity index (χ1v) is 10.1. The number of methoxy groups -OCH3 is 1. The number of aromatic amines is 1. The van der Waals surface area contributed by atoms with E-state index in [-0.39, 0.29) is 18.6 Å². The van der Waals surface area contributed by atoms with Gasteiger partial charge in [0, 0.05) is 19.1 Å². The van der Waals surface area contributed by atoms with E-state index in [1.807, 2.05) is 48.5 Å². The molecule has 162 valence electrons. The molecule has 31 heavy (non-hydrogen) atoms. The Morgan fingerprint density at radius 1 is 1.26 bits per heavy atom. The number of nitrogens with zero attached hydrogens (tertiary/aromatic N) is 2. The van der Waals surface area contributed by atoms with Crippen LogP contribution in [-0.2, 0) is 6.42 Å². The number of imidazole rings is 1. The molecule has 0 bridgehead atoms. The molecule has 0 aliphatic carbocycles. The van der Waals surface area contributed by atoms with Crippen molar-refractivity contribution in [1.29, 1.82) is 0 Å². The van der Waals surface area contributed by atoms with Crippen molar-refractivity contribution in [3.8, 4) is 5.75 Å². The summed E-state index contributed by atoms with van der Waals surface area (Å²) in [5, 5.41) is 15.0. The highest BCUT2D eigenvalue weighted by Crippen LogP contribution is 2.21. The highest BCUT2D eigenvalue weighted by molar-refractivity contribution is 5.77. The highest BCUT2D eigenvalue weighted by Gasteiger charge is 2.28. The third-order valence-electron chi connectivity index (χ3n) is 5.44. The van der Waals surface area contributed by atoms with Gasteiger partial charge in [-0.3, -0.25) is 0 Å². The predicted molar refractivity (Wildman–Crippen MR) is 115 cm³/mol. The van der Waals surface area contributed by atoms with Crippen LogP contribution >= 0.6 is 0 Å². The molecule has 0 saturated carbocycles. The Morgan fingerprint density at radius 3 is 2.71 bits per heavy atom. The second kappa shape index (κ2) is 8.95. The van der Waals surface area contributed by atoms with Gasteiger partial charge in [-0.25, -0.2) is 14.6 Å². The van der Waals surface area contributed by atoms with Crippen molar-refractivity contribution in [3.63, 3.8) is 0 Å². The molecule has 9 nitrogen and oxygen atoms in total. The van der Waals surface area contributed by atoms with Gasteiger partial charge in [0.2, 0.25) is 0 Å². The van der Waals surface area contributed by atoms with Crippen molar-refractivity contribution in [2.75, 3.05) is 20.2 Å². The number of ether oxygens (including phenoxy) is 1. The molecule has 1 saturated heterocycles. The molecule has 3 amide bonds. The summed E-state index contributed by atoms with van der Waals surface area (Å²) in [5.41, 5.74) is 2.74. The van der Waals surface area contributed by atoms with Crippen molar-refractivity contribution < 1.29 is 19.4 Å². The van der Waals surface area contributed by atoms with Crippen LogP contribution in [0, 0.1) is 0 Å². The monoisotopic (exact) mass is 423 g/mol. The minimum Gasteiger partial charge on any atom is -0.497 e. The molecule has 2 aromatic carbocycles. The number of amides is 3. The fourth-order valence-electron chi connectivity index (χ4n) is 3.79. The lowest BCUT2D eigenvalue weighted by molar-refractivity contribution is 0.154. The fraction of sp³-hybridized carbons (Fsp3) is 0.318. The molecular formula is C22H25N5O4. The van der Waals surface area contributed by atoms with Crippen LogP contribution in [0.2, 0.25) is 0 Å². The summed E-state index contributed by atoms with van der Waals surface area (Å²) in [4.78, 5) is 33.1. The number of rotatable bonds is 6. The first-order chi connectivity index (χ1) is 15.0. The maximum absolute atomic E-state index is 12.7. The zero-order valence-electron chi connectivity index (χ0n) is 17.2. The van der Waals surface area contributed by atoms with Gasteiger partial charge in [-0.05, 0) is 42.7 Å². The second-order valence-electron chi connectivity index (χ2n) is 7.58. The lowest BCUT2D eigenvalue weighted by Gasteiger charge is -2.20. The fourth-order valence-corrected chi connectivity index (χ4v) is 3.79. The normalized spacial score (nSPS) is 16.8. The summed E-state index contributed by atoms with van der Waals surface area (Å²) in [6.07, 6.45) is 0.154. The number of hydrogen-bond acceptors (Lipinski definition) is 4. The number of nitrogens with one attached hydrogen (secondary N) is 3. The van der Waals surface area contributed by atoms with Gasteiger partial charge in [0.05, 0.1) is 24.2 Å². The standard InChI is InChI=1S/C22H25N5O4/c1-31-16-8-6-14(7-9-16)12-19(20-24-17-4-2-3-5-18(17)25-20)26-21(28)23-15-10-11-27(13-15)22(29)30/h2-9,15,19H,10-13H2,1H3,(H,24,25)(H,29,30)(H2,23,26,28)/t15?,19-/m1/s1. The Hall–Kier alpha value is -3.75. The average Bonchev–Trinajstić information content (AvgIpc) is 3.41. The summed E-state index contributed by atoms with van der Waals surface area (Å²) < 4.78 is 5.22. The molecule has 0 radical (unpaired) electrons. The lowest BCUT2D eigenvalue weighted by atomic mass is 10.1. The predicted octanol–water partition coefficient (Wildman–Crippen LogP) is 2.91. The van der Waals surface area contributed by atoms with Crippen molar-refractivity contribution in [3.05, 3.63) is 59.9 Å². The number of likely N-dealkylation sites (tertiary alicyclic amines) is 1. The molecule has 4 rings (SSSR count). The maximum atomic E-state index is 12.7. The third-order valence-corrected chi connectivity index (χ3v) is 5.44. The van der Waals surface area contributed by atoms with E-state index >= 15 is 0 Å². The summed E-state index contributed by atoms with van der Waals surface area (Å²) in [6.45, 7) is 0.704. The van der Waals surface area contributed by atoms with E-state index in [0.717, 1.165) is 22.3 Å². The molecule has 3 aromatic rings. The molecule has 0 spiro atoms. The largest absolute Gasteiger partial charge is 0.497 e. The van der Waals surface area contributed by atoms with Crippen LogP contribution < -0.4 is 15.4 Å². The van der Waals surface area contributed by atoms with Crippen LogP contribution in [0.3, 0.4) is 0 Å². The van der Waals surface area contributed by atoms with Crippen LogP contribution in [-0.4, -0.2) is 58.3 Å². The Kier molecular flexibility index (Phi) is 5.92. The zero-order chi connectivity index (χ0) is 21.8. The number of fused-ring (bicyclic) bond motifs is 1. The smallest absolute Gasteiger partial charge is 0.407 e. The maximum Gasteiger partial charge on any atom is 0.407 e. The van der Waals surface area contributed by atoms with Crippen LogP contribution in [0.25, 0.3) is 11.0 Å². The number of carbonyl (C=O) groups excluding carboxylic acids is 1. The Bertz CT molecular complexity index is 1030. The Balaban J connectivity index is 1.50. The van der Waals surface area contributed by atoms with Gasteiger partial charge in [-0.15, -0.1) is 0 Å². The molecule has 2 heterocycles. The van der Waals surface area contributed by atoms with Gasteiger partial charge in [-0.2, -0.15) is 0 Å². The number of urea groups is 1. The van der Waals surface area contributed by atoms with Gasteiger partial charge in [-0.1, -0.05) is 24.3 Å². The van der Waals surface area contributed by atoms with Crippen LogP contribution in [0.15, 0.2) is 48.5 Å². The molecule has 1 aliphatic rings. The van der Waals surface area contributed by atoms with E-state index in [4.69, 9.17) is 9.84 Å². The van der Waals surface area contributed by atoms with Crippen molar-refractivity contribution in [2.45, 2.75) is 24.9 Å². The first-order valence-electron chi connectivity index (χ1n) is 10.1. The minimum atomic E-state index is -0.968. The minimum absolute atomic E-state index is 0.214. The van der Waals surface area contributed by atoms with Crippen molar-refractivity contribution in [2.24, 2.45) is 0 Å². The number of carboxylic acid groups (broad SMARTS) is 1. The van der Waals surface area contributed by atoms with Crippen LogP contribution in [0.4, 0.5) is 9.59 Å². The molecule has 1 aromatic heterocycles. The number of para-hydroxylation sites is 2. The van der Waals surface area contributed by atoms with E-state index in [0.29, 0.717) is 25.2 Å². The van der Waals surface area contributed by atoms with Crippen molar-refractivity contribution >= 4 is 23.2 Å². The van der Waals surface area contributed by atoms with Crippen LogP contribution in [0.5, 0.6) is 5.75 Å². The summed E-state index contributed by atoms with van der Waals surface area (Å²) in [7, 11) is 1.62. The molecule has 9 heteroatoms. The quantitative estimate of drug-likeness (QED) is 0.486. The van der Waals surface area contributed by atoms with Crippen molar-refractivity contribution in [1.82, 2.24) is 25.5 Å². The lowest BCUT2D eigenvalue weighted by Crippen LogP contribution is -2.45. The van der Waals surface area contributed by atoms with Gasteiger partial charge in [0.25, 0.3) is 0 Å². The van der Waals surface area contributed by atoms with Gasteiger partial charge in [0.1, 0.15) is 11.6 Å². The third kappa shape index (κ3) is 4.88. The average molecular weight is 423 g/mol. The van der Waals surface area contributed by atoms with Gasteiger partial charge in [0.15, 0.2) is 0 Å². The van der Waals surface area contributed by atoms with E-state index < -0.39 is 12.1 Å². The Labute approximate surface area is 179 Å². The topological polar surface area (TPSA) is 120 Å². The highest BCUT2D eigenvalue weighted by atomic mass is 16.5. The number of carbonyl (C=O) groups is 2. The van der Waals surface area contributed by atoms with Crippen LogP contribution in [0.1, 0.15) is 23.9 Å². The summed E-state index contributed by atoms with van der Waals surface area (Å²) >= 11 is 0. The van der Waals surface area contributed by atoms with E-state index in [9.17, 15) is 9.59 Å². The molecule has 1 unspecified atom stereocenters. The molecule has 4 N–H and O–H groups in total. The molecule has 1 aliphatic heterocycles. The number of H-pyrrole nitrogens is 1. The SMILES string of the molecule is COc1ccc(C[C@@H](NC(=O)NC2CCN(C(=O)O)C2)c2nc3ccccc3[nH]2)cc1. The number of benzene rings is 2. The first kappa shape index (κ1) is 20.5. The summed E-state index contributed by atoms with van der Waals surface area (Å²) in [6, 6.07) is 14.4.